The van der Waals surface area contributed by atoms with E-state index >= 15 is 0 Å². The highest BCUT2D eigenvalue weighted by Crippen LogP contribution is 2.32. The van der Waals surface area contributed by atoms with Gasteiger partial charge in [0.25, 0.3) is 0 Å². The smallest absolute Gasteiger partial charge is 0.326 e. The fourth-order valence-corrected chi connectivity index (χ4v) is 3.19. The minimum absolute atomic E-state index is 0.0174. The van der Waals surface area contributed by atoms with Gasteiger partial charge in [-0.15, -0.1) is 0 Å². The van der Waals surface area contributed by atoms with Gasteiger partial charge in [-0.1, -0.05) is 0 Å². The summed E-state index contributed by atoms with van der Waals surface area (Å²) >= 11 is 2.82. The molecular weight excluding hydrogens is 484 g/mol. The van der Waals surface area contributed by atoms with Crippen molar-refractivity contribution in [1.82, 2.24) is 5.32 Å². The third-order valence-corrected chi connectivity index (χ3v) is 4.97. The Balaban J connectivity index is 1.67. The molecule has 2 N–H and O–H groups in total. The number of halogens is 7. The first kappa shape index (κ1) is 21.9. The minimum atomic E-state index is -4.75. The number of hydrogen-bond donors (Lipinski definition) is 2. The van der Waals surface area contributed by atoms with Gasteiger partial charge in [0.05, 0.1) is 21.4 Å². The van der Waals surface area contributed by atoms with Gasteiger partial charge in [-0.2, -0.15) is 13.2 Å². The van der Waals surface area contributed by atoms with Crippen molar-refractivity contribution >= 4 is 39.2 Å². The molecule has 2 aromatic carbocycles. The normalized spacial score (nSPS) is 16.7. The summed E-state index contributed by atoms with van der Waals surface area (Å²) in [5.74, 6) is -4.45. The van der Waals surface area contributed by atoms with E-state index in [1.54, 1.807) is 0 Å². The van der Waals surface area contributed by atoms with E-state index in [4.69, 9.17) is 0 Å². The van der Waals surface area contributed by atoms with Crippen molar-refractivity contribution in [2.75, 3.05) is 16.8 Å². The van der Waals surface area contributed by atoms with Crippen LogP contribution in [0.1, 0.15) is 12.0 Å². The van der Waals surface area contributed by atoms with Gasteiger partial charge < -0.3 is 15.5 Å². The van der Waals surface area contributed by atoms with Crippen molar-refractivity contribution in [2.45, 2.75) is 18.6 Å². The summed E-state index contributed by atoms with van der Waals surface area (Å²) in [6, 6.07) is 1.81. The monoisotopic (exact) mass is 495 g/mol. The molecule has 0 saturated carbocycles. The van der Waals surface area contributed by atoms with Crippen LogP contribution in [0.5, 0.6) is 0 Å². The van der Waals surface area contributed by atoms with E-state index in [9.17, 15) is 35.9 Å². The van der Waals surface area contributed by atoms with Crippen LogP contribution in [0.25, 0.3) is 0 Å². The van der Waals surface area contributed by atoms with Crippen LogP contribution < -0.4 is 15.5 Å². The molecule has 1 aliphatic rings. The molecule has 30 heavy (non-hydrogen) atoms. The Labute approximate surface area is 174 Å². The van der Waals surface area contributed by atoms with Gasteiger partial charge in [0.1, 0.15) is 11.9 Å². The number of carbonyl (C=O) groups is 2. The first-order valence-corrected chi connectivity index (χ1v) is 9.17. The van der Waals surface area contributed by atoms with Gasteiger partial charge in [-0.3, -0.25) is 4.79 Å². The molecule has 2 aromatic rings. The van der Waals surface area contributed by atoms with E-state index in [0.29, 0.717) is 6.07 Å². The Morgan fingerprint density at radius 1 is 1.10 bits per heavy atom. The van der Waals surface area contributed by atoms with Crippen LogP contribution in [0.4, 0.5) is 42.5 Å². The third kappa shape index (κ3) is 4.37. The van der Waals surface area contributed by atoms with Crippen molar-refractivity contribution < 1.29 is 35.9 Å². The summed E-state index contributed by atoms with van der Waals surface area (Å²) in [4.78, 5) is 25.4. The van der Waals surface area contributed by atoms with Gasteiger partial charge in [0.15, 0.2) is 11.6 Å². The second kappa shape index (κ2) is 8.17. The maximum absolute atomic E-state index is 14.1. The van der Waals surface area contributed by atoms with Crippen LogP contribution >= 0.6 is 15.9 Å². The summed E-state index contributed by atoms with van der Waals surface area (Å²) in [6.45, 7) is -0.0174. The lowest BCUT2D eigenvalue weighted by molar-refractivity contribution is -0.137. The molecule has 0 aromatic heterocycles. The average molecular weight is 496 g/mol. The number of nitrogens with one attached hydrogen (secondary N) is 2. The van der Waals surface area contributed by atoms with Gasteiger partial charge >= 0.3 is 12.2 Å². The predicted octanol–water partition coefficient (Wildman–Crippen LogP) is 4.81. The summed E-state index contributed by atoms with van der Waals surface area (Å²) in [6.07, 6.45) is -4.69. The van der Waals surface area contributed by atoms with Crippen molar-refractivity contribution in [1.29, 1.82) is 0 Å². The van der Waals surface area contributed by atoms with E-state index in [1.165, 1.54) is 12.1 Å². The molecule has 3 amide bonds. The largest absolute Gasteiger partial charge is 0.416 e. The maximum Gasteiger partial charge on any atom is 0.416 e. The van der Waals surface area contributed by atoms with Gasteiger partial charge in [0.2, 0.25) is 5.91 Å². The minimum Gasteiger partial charge on any atom is -0.326 e. The number of amides is 3. The van der Waals surface area contributed by atoms with E-state index in [0.717, 1.165) is 11.0 Å². The van der Waals surface area contributed by atoms with Crippen LogP contribution in [0.15, 0.2) is 34.8 Å². The molecule has 1 unspecified atom stereocenters. The predicted molar refractivity (Wildman–Crippen MR) is 98.4 cm³/mol. The van der Waals surface area contributed by atoms with Crippen molar-refractivity contribution in [2.24, 2.45) is 0 Å². The Kier molecular flexibility index (Phi) is 5.97. The number of urea groups is 1. The van der Waals surface area contributed by atoms with Crippen molar-refractivity contribution in [3.8, 4) is 0 Å². The molecule has 0 spiro atoms. The molecule has 0 aliphatic carbocycles. The molecule has 1 atom stereocenters. The zero-order valence-electron chi connectivity index (χ0n) is 14.8. The van der Waals surface area contributed by atoms with E-state index in [1.807, 2.05) is 5.32 Å². The molecule has 3 rings (SSSR count). The van der Waals surface area contributed by atoms with E-state index in [-0.39, 0.29) is 29.2 Å². The first-order chi connectivity index (χ1) is 14.0. The maximum atomic E-state index is 14.1. The summed E-state index contributed by atoms with van der Waals surface area (Å²) < 4.78 is 79.2. The number of nitrogens with zero attached hydrogens (tertiary/aromatic N) is 1. The summed E-state index contributed by atoms with van der Waals surface area (Å²) in [5.41, 5.74) is -2.06. The molecule has 1 saturated heterocycles. The van der Waals surface area contributed by atoms with Gasteiger partial charge in [-0.25, -0.2) is 18.0 Å². The van der Waals surface area contributed by atoms with E-state index < -0.39 is 52.9 Å². The van der Waals surface area contributed by atoms with Crippen LogP contribution in [0, 0.1) is 17.5 Å². The highest BCUT2D eigenvalue weighted by molar-refractivity contribution is 9.10. The SMILES string of the molecule is O=C(Nc1ccc(C(F)(F)F)cc1F)NC1CCN(c2ccc(Br)c(F)c2F)C1=O. The molecule has 5 nitrogen and oxygen atoms in total. The first-order valence-electron chi connectivity index (χ1n) is 8.38. The Bertz CT molecular complexity index is 1010. The van der Waals surface area contributed by atoms with Gasteiger partial charge in [0, 0.05) is 6.54 Å². The third-order valence-electron chi connectivity index (χ3n) is 4.36. The van der Waals surface area contributed by atoms with Crippen LogP contribution in [-0.4, -0.2) is 24.5 Å². The summed E-state index contributed by atoms with van der Waals surface area (Å²) in [5, 5.41) is 4.25. The highest BCUT2D eigenvalue weighted by Gasteiger charge is 2.36. The molecule has 0 radical (unpaired) electrons. The number of hydrogen-bond acceptors (Lipinski definition) is 2. The van der Waals surface area contributed by atoms with Gasteiger partial charge in [-0.05, 0) is 52.7 Å². The second-order valence-electron chi connectivity index (χ2n) is 6.32. The second-order valence-corrected chi connectivity index (χ2v) is 7.17. The highest BCUT2D eigenvalue weighted by atomic mass is 79.9. The number of rotatable bonds is 3. The van der Waals surface area contributed by atoms with Crippen molar-refractivity contribution in [3.05, 3.63) is 57.8 Å². The molecule has 1 fully saturated rings. The molecule has 160 valence electrons. The number of alkyl halides is 3. The Morgan fingerprint density at radius 2 is 1.80 bits per heavy atom. The lowest BCUT2D eigenvalue weighted by Crippen LogP contribution is -2.43. The number of anilines is 2. The Hall–Kier alpha value is -2.76. The Morgan fingerprint density at radius 3 is 2.43 bits per heavy atom. The molecule has 0 bridgehead atoms. The quantitative estimate of drug-likeness (QED) is 0.474. The van der Waals surface area contributed by atoms with Crippen LogP contribution in [0.3, 0.4) is 0 Å². The number of benzene rings is 2. The fraction of sp³-hybridized carbons (Fsp3) is 0.222. The standard InChI is InChI=1S/C18H12BrF6N3O2/c19-9-2-4-13(15(22)14(9)21)28-6-5-12(16(28)29)27-17(30)26-11-3-1-8(7-10(11)20)18(23,24)25/h1-4,7,12H,5-6H2,(H2,26,27,30). The molecule has 1 heterocycles. The number of carbonyl (C=O) groups excluding carboxylic acids is 2. The fourth-order valence-electron chi connectivity index (χ4n) is 2.89. The van der Waals surface area contributed by atoms with Crippen LogP contribution in [0.2, 0.25) is 0 Å². The lowest BCUT2D eigenvalue weighted by Gasteiger charge is -2.18. The molecule has 1 aliphatic heterocycles. The van der Waals surface area contributed by atoms with Crippen LogP contribution in [-0.2, 0) is 11.0 Å². The molecule has 12 heteroatoms. The van der Waals surface area contributed by atoms with E-state index in [2.05, 4.69) is 21.2 Å². The lowest BCUT2D eigenvalue weighted by atomic mass is 10.2. The zero-order valence-corrected chi connectivity index (χ0v) is 16.4. The topological polar surface area (TPSA) is 61.4 Å². The summed E-state index contributed by atoms with van der Waals surface area (Å²) in [7, 11) is 0. The van der Waals surface area contributed by atoms with Crippen molar-refractivity contribution in [3.63, 3.8) is 0 Å². The zero-order chi connectivity index (χ0) is 22.2. The average Bonchev–Trinajstić information content (AvgIpc) is 3.01. The molecular formula is C18H12BrF6N3O2.